The first kappa shape index (κ1) is 15.2. The minimum Gasteiger partial charge on any atom is -0.325 e. The van der Waals surface area contributed by atoms with Gasteiger partial charge < -0.3 is 10.6 Å². The molecule has 3 rings (SSSR count). The molecule has 2 N–H and O–H groups in total. The Morgan fingerprint density at radius 1 is 1.45 bits per heavy atom. The molecule has 2 unspecified atom stereocenters. The van der Waals surface area contributed by atoms with Crippen LogP contribution in [0.3, 0.4) is 0 Å². The van der Waals surface area contributed by atoms with Crippen molar-refractivity contribution in [3.05, 3.63) is 46.7 Å². The van der Waals surface area contributed by atoms with Crippen LogP contribution in [0.25, 0.3) is 0 Å². The van der Waals surface area contributed by atoms with E-state index in [4.69, 9.17) is 0 Å². The van der Waals surface area contributed by atoms with E-state index >= 15 is 0 Å². The van der Waals surface area contributed by atoms with Gasteiger partial charge in [0.1, 0.15) is 0 Å². The molecule has 1 aliphatic rings. The number of hydrogen-bond acceptors (Lipinski definition) is 3. The molecule has 116 valence electrons. The van der Waals surface area contributed by atoms with Gasteiger partial charge in [0, 0.05) is 17.9 Å². The molecule has 1 aliphatic heterocycles. The molecule has 0 saturated heterocycles. The second-order valence-electron chi connectivity index (χ2n) is 5.65. The van der Waals surface area contributed by atoms with E-state index in [1.54, 1.807) is 6.20 Å². The molecule has 0 radical (unpaired) electrons. The van der Waals surface area contributed by atoms with Gasteiger partial charge in [-0.05, 0) is 47.4 Å². The molecule has 2 heterocycles. The molecule has 1 aromatic heterocycles. The fourth-order valence-corrected chi connectivity index (χ4v) is 3.15. The summed E-state index contributed by atoms with van der Waals surface area (Å²) in [4.78, 5) is 12.0. The van der Waals surface area contributed by atoms with Crippen molar-refractivity contribution in [2.75, 3.05) is 11.9 Å². The first-order valence-corrected chi connectivity index (χ1v) is 8.24. The Hall–Kier alpha value is -1.66. The molecule has 0 fully saturated rings. The second-order valence-corrected chi connectivity index (χ2v) is 6.57. The lowest BCUT2D eigenvalue weighted by atomic mass is 9.97. The van der Waals surface area contributed by atoms with Crippen molar-refractivity contribution in [3.8, 4) is 0 Å². The zero-order valence-corrected chi connectivity index (χ0v) is 14.0. The first-order chi connectivity index (χ1) is 10.6. The van der Waals surface area contributed by atoms with Gasteiger partial charge in [0.15, 0.2) is 0 Å². The Kier molecular flexibility index (Phi) is 4.59. The van der Waals surface area contributed by atoms with E-state index in [-0.39, 0.29) is 11.8 Å². The molecule has 0 aliphatic carbocycles. The summed E-state index contributed by atoms with van der Waals surface area (Å²) in [6, 6.07) is 8.22. The highest BCUT2D eigenvalue weighted by Crippen LogP contribution is 2.33. The molecule has 1 amide bonds. The summed E-state index contributed by atoms with van der Waals surface area (Å²) >= 11 is 3.39. The fourth-order valence-electron chi connectivity index (χ4n) is 2.82. The number of amides is 1. The maximum atomic E-state index is 12.0. The predicted molar refractivity (Wildman–Crippen MR) is 89.8 cm³/mol. The Balaban J connectivity index is 1.50. The monoisotopic (exact) mass is 362 g/mol. The number of anilines is 1. The van der Waals surface area contributed by atoms with Crippen LogP contribution in [0.5, 0.6) is 0 Å². The lowest BCUT2D eigenvalue weighted by Gasteiger charge is -2.15. The molecule has 2 atom stereocenters. The van der Waals surface area contributed by atoms with Crippen molar-refractivity contribution >= 4 is 27.5 Å². The minimum absolute atomic E-state index is 0.0465. The predicted octanol–water partition coefficient (Wildman–Crippen LogP) is 2.75. The molecular weight excluding hydrogens is 344 g/mol. The van der Waals surface area contributed by atoms with Gasteiger partial charge in [0.05, 0.1) is 23.1 Å². The van der Waals surface area contributed by atoms with Gasteiger partial charge in [-0.1, -0.05) is 18.2 Å². The van der Waals surface area contributed by atoms with Gasteiger partial charge >= 0.3 is 0 Å². The van der Waals surface area contributed by atoms with Crippen molar-refractivity contribution in [2.45, 2.75) is 31.8 Å². The van der Waals surface area contributed by atoms with Crippen molar-refractivity contribution in [1.82, 2.24) is 15.1 Å². The highest BCUT2D eigenvalue weighted by atomic mass is 79.9. The number of para-hydroxylation sites is 1. The quantitative estimate of drug-likeness (QED) is 0.830. The molecule has 22 heavy (non-hydrogen) atoms. The van der Waals surface area contributed by atoms with Gasteiger partial charge in [0.2, 0.25) is 5.91 Å². The fraction of sp³-hybridized carbons (Fsp3) is 0.375. The molecule has 0 bridgehead atoms. The third kappa shape index (κ3) is 3.39. The van der Waals surface area contributed by atoms with Crippen LogP contribution in [0.4, 0.5) is 5.69 Å². The number of benzene rings is 1. The standard InChI is InChI=1S/C16H19BrN4O/c1-11(9-21-10-12(17)8-19-21)18-7-6-14-13-4-2-3-5-15(13)20-16(14)22/h2-5,8,10-11,14,18H,6-7,9H2,1H3,(H,20,22). The summed E-state index contributed by atoms with van der Waals surface area (Å²) in [7, 11) is 0. The number of fused-ring (bicyclic) bond motifs is 1. The van der Waals surface area contributed by atoms with Crippen molar-refractivity contribution in [1.29, 1.82) is 0 Å². The number of nitrogens with one attached hydrogen (secondary N) is 2. The van der Waals surface area contributed by atoms with E-state index in [1.165, 1.54) is 0 Å². The summed E-state index contributed by atoms with van der Waals surface area (Å²) in [5.74, 6) is 0.0569. The highest BCUT2D eigenvalue weighted by Gasteiger charge is 2.29. The lowest BCUT2D eigenvalue weighted by Crippen LogP contribution is -2.32. The lowest BCUT2D eigenvalue weighted by molar-refractivity contribution is -0.117. The molecule has 0 saturated carbocycles. The number of rotatable bonds is 6. The normalized spacial score (nSPS) is 18.1. The zero-order chi connectivity index (χ0) is 15.5. The summed E-state index contributed by atoms with van der Waals surface area (Å²) in [5.41, 5.74) is 2.06. The van der Waals surface area contributed by atoms with E-state index in [0.29, 0.717) is 6.04 Å². The Morgan fingerprint density at radius 2 is 2.27 bits per heavy atom. The van der Waals surface area contributed by atoms with Crippen LogP contribution < -0.4 is 10.6 Å². The van der Waals surface area contributed by atoms with E-state index in [9.17, 15) is 4.79 Å². The smallest absolute Gasteiger partial charge is 0.232 e. The third-order valence-corrected chi connectivity index (χ3v) is 4.31. The van der Waals surface area contributed by atoms with Crippen LogP contribution in [-0.2, 0) is 11.3 Å². The Morgan fingerprint density at radius 3 is 3.05 bits per heavy atom. The Labute approximate surface area is 138 Å². The van der Waals surface area contributed by atoms with Gasteiger partial charge in [-0.2, -0.15) is 5.10 Å². The summed E-state index contributed by atoms with van der Waals surface area (Å²) in [6.45, 7) is 3.73. The van der Waals surface area contributed by atoms with Crippen molar-refractivity contribution in [3.63, 3.8) is 0 Å². The zero-order valence-electron chi connectivity index (χ0n) is 12.4. The summed E-state index contributed by atoms with van der Waals surface area (Å²) in [6.07, 6.45) is 4.54. The number of halogens is 1. The number of carbonyl (C=O) groups is 1. The SMILES string of the molecule is CC(Cn1cc(Br)cn1)NCCC1C(=O)Nc2ccccc21. The average Bonchev–Trinajstić information content (AvgIpc) is 3.03. The number of carbonyl (C=O) groups excluding carboxylic acids is 1. The first-order valence-electron chi connectivity index (χ1n) is 7.44. The molecular formula is C16H19BrN4O. The van der Waals surface area contributed by atoms with Gasteiger partial charge in [-0.3, -0.25) is 9.48 Å². The number of nitrogens with zero attached hydrogens (tertiary/aromatic N) is 2. The largest absolute Gasteiger partial charge is 0.325 e. The molecule has 0 spiro atoms. The number of hydrogen-bond donors (Lipinski definition) is 2. The van der Waals surface area contributed by atoms with Crippen LogP contribution in [0.2, 0.25) is 0 Å². The van der Waals surface area contributed by atoms with Crippen LogP contribution in [-0.4, -0.2) is 28.3 Å². The topological polar surface area (TPSA) is 59.0 Å². The number of aromatic nitrogens is 2. The van der Waals surface area contributed by atoms with Crippen LogP contribution >= 0.6 is 15.9 Å². The summed E-state index contributed by atoms with van der Waals surface area (Å²) < 4.78 is 2.89. The van der Waals surface area contributed by atoms with Gasteiger partial charge in [-0.15, -0.1) is 0 Å². The van der Waals surface area contributed by atoms with E-state index in [0.717, 1.165) is 35.2 Å². The van der Waals surface area contributed by atoms with E-state index in [2.05, 4.69) is 38.6 Å². The summed E-state index contributed by atoms with van der Waals surface area (Å²) in [5, 5.41) is 10.7. The van der Waals surface area contributed by atoms with E-state index in [1.807, 2.05) is 35.1 Å². The maximum absolute atomic E-state index is 12.0. The van der Waals surface area contributed by atoms with Crippen molar-refractivity contribution < 1.29 is 4.79 Å². The van der Waals surface area contributed by atoms with Crippen LogP contribution in [0.15, 0.2) is 41.1 Å². The van der Waals surface area contributed by atoms with Gasteiger partial charge in [-0.25, -0.2) is 0 Å². The maximum Gasteiger partial charge on any atom is 0.232 e. The molecule has 1 aromatic carbocycles. The minimum atomic E-state index is -0.0465. The van der Waals surface area contributed by atoms with Crippen molar-refractivity contribution in [2.24, 2.45) is 0 Å². The van der Waals surface area contributed by atoms with Crippen LogP contribution in [0, 0.1) is 0 Å². The molecule has 2 aromatic rings. The second kappa shape index (κ2) is 6.62. The van der Waals surface area contributed by atoms with Crippen LogP contribution in [0.1, 0.15) is 24.8 Å². The van der Waals surface area contributed by atoms with Gasteiger partial charge in [0.25, 0.3) is 0 Å². The van der Waals surface area contributed by atoms with E-state index < -0.39 is 0 Å². The third-order valence-electron chi connectivity index (χ3n) is 3.90. The molecule has 5 nitrogen and oxygen atoms in total. The highest BCUT2D eigenvalue weighted by molar-refractivity contribution is 9.10. The molecule has 6 heteroatoms. The Bertz CT molecular complexity index is 670. The average molecular weight is 363 g/mol.